The minimum atomic E-state index is -0.585. The van der Waals surface area contributed by atoms with Crippen molar-refractivity contribution < 1.29 is 9.59 Å². The Hall–Kier alpha value is -3.97. The molecule has 0 aliphatic heterocycles. The second-order valence-electron chi connectivity index (χ2n) is 7.61. The summed E-state index contributed by atoms with van der Waals surface area (Å²) in [4.78, 5) is 25.2. The van der Waals surface area contributed by atoms with Gasteiger partial charge in [-0.1, -0.05) is 90.6 Å². The third-order valence-electron chi connectivity index (χ3n) is 5.16. The summed E-state index contributed by atoms with van der Waals surface area (Å²) in [6, 6.07) is 26.3. The van der Waals surface area contributed by atoms with Crippen molar-refractivity contribution in [1.82, 2.24) is 14.8 Å². The number of Topliss-reactive ketones (excluding diaryl/α,β-unsaturated/α-hetero) is 1. The fraction of sp³-hybridized carbons (Fsp3) is 0.111. The zero-order chi connectivity index (χ0) is 23.9. The summed E-state index contributed by atoms with van der Waals surface area (Å²) in [5, 5.41) is 11.8. The van der Waals surface area contributed by atoms with E-state index in [0.29, 0.717) is 28.8 Å². The van der Waals surface area contributed by atoms with Crippen molar-refractivity contribution in [2.24, 2.45) is 0 Å². The van der Waals surface area contributed by atoms with Crippen molar-refractivity contribution in [3.63, 3.8) is 0 Å². The van der Waals surface area contributed by atoms with Gasteiger partial charge in [-0.15, -0.1) is 16.8 Å². The average Bonchev–Trinajstić information content (AvgIpc) is 3.26. The molecule has 0 aliphatic rings. The highest BCUT2D eigenvalue weighted by Crippen LogP contribution is 2.37. The summed E-state index contributed by atoms with van der Waals surface area (Å²) >= 11 is 1.32. The van der Waals surface area contributed by atoms with Crippen molar-refractivity contribution in [3.8, 4) is 11.4 Å². The van der Waals surface area contributed by atoms with Gasteiger partial charge in [-0.05, 0) is 24.6 Å². The summed E-state index contributed by atoms with van der Waals surface area (Å²) in [5.74, 6) is 0.437. The standard InChI is InChI=1S/C27H24N4O2S/c1-3-17-31-25(21-13-8-5-9-14-21)29-30-27(31)34-24(20-11-6-4-7-12-20)26(33)28-23-16-10-15-22(18-23)19(2)32/h3-16,18,24H,1,17H2,2H3,(H,28,33). The fourth-order valence-corrected chi connectivity index (χ4v) is 4.55. The molecule has 0 saturated carbocycles. The van der Waals surface area contributed by atoms with Gasteiger partial charge < -0.3 is 5.32 Å². The highest BCUT2D eigenvalue weighted by atomic mass is 32.2. The molecule has 0 saturated heterocycles. The van der Waals surface area contributed by atoms with Crippen molar-refractivity contribution >= 4 is 29.1 Å². The summed E-state index contributed by atoms with van der Waals surface area (Å²) < 4.78 is 1.95. The van der Waals surface area contributed by atoms with Crippen LogP contribution in [0.2, 0.25) is 0 Å². The molecule has 170 valence electrons. The van der Waals surface area contributed by atoms with Gasteiger partial charge in [0, 0.05) is 23.4 Å². The van der Waals surface area contributed by atoms with Crippen LogP contribution in [0.4, 0.5) is 5.69 Å². The van der Waals surface area contributed by atoms with Gasteiger partial charge >= 0.3 is 0 Å². The molecule has 1 unspecified atom stereocenters. The molecule has 1 aromatic heterocycles. The van der Waals surface area contributed by atoms with E-state index < -0.39 is 5.25 Å². The van der Waals surface area contributed by atoms with Crippen molar-refractivity contribution in [1.29, 1.82) is 0 Å². The van der Waals surface area contributed by atoms with Gasteiger partial charge in [0.25, 0.3) is 0 Å². The van der Waals surface area contributed by atoms with E-state index in [1.807, 2.05) is 65.2 Å². The van der Waals surface area contributed by atoms with Gasteiger partial charge in [0.05, 0.1) is 0 Å². The van der Waals surface area contributed by atoms with E-state index in [1.54, 1.807) is 30.3 Å². The molecule has 0 fully saturated rings. The van der Waals surface area contributed by atoms with E-state index in [2.05, 4.69) is 22.1 Å². The van der Waals surface area contributed by atoms with Gasteiger partial charge in [0.15, 0.2) is 16.8 Å². The first-order valence-electron chi connectivity index (χ1n) is 10.8. The largest absolute Gasteiger partial charge is 0.325 e. The number of nitrogens with one attached hydrogen (secondary N) is 1. The van der Waals surface area contributed by atoms with Crippen LogP contribution in [0.15, 0.2) is 103 Å². The number of allylic oxidation sites excluding steroid dienone is 1. The highest BCUT2D eigenvalue weighted by molar-refractivity contribution is 8.00. The number of carbonyl (C=O) groups is 2. The van der Waals surface area contributed by atoms with E-state index >= 15 is 0 Å². The number of amides is 1. The number of benzene rings is 3. The Morgan fingerprint density at radius 1 is 1.00 bits per heavy atom. The van der Waals surface area contributed by atoms with Crippen LogP contribution in [-0.4, -0.2) is 26.5 Å². The predicted octanol–water partition coefficient (Wildman–Crippen LogP) is 5.81. The molecule has 1 N–H and O–H groups in total. The van der Waals surface area contributed by atoms with Gasteiger partial charge in [0.2, 0.25) is 5.91 Å². The lowest BCUT2D eigenvalue weighted by Crippen LogP contribution is -2.20. The maximum absolute atomic E-state index is 13.5. The van der Waals surface area contributed by atoms with E-state index in [9.17, 15) is 9.59 Å². The molecule has 0 bridgehead atoms. The Morgan fingerprint density at radius 2 is 1.71 bits per heavy atom. The average molecular weight is 469 g/mol. The number of carbonyl (C=O) groups excluding carboxylic acids is 2. The summed E-state index contributed by atoms with van der Waals surface area (Å²) in [7, 11) is 0. The zero-order valence-electron chi connectivity index (χ0n) is 18.7. The second-order valence-corrected chi connectivity index (χ2v) is 8.68. The second kappa shape index (κ2) is 10.8. The number of ketones is 1. The Morgan fingerprint density at radius 3 is 2.38 bits per heavy atom. The lowest BCUT2D eigenvalue weighted by atomic mass is 10.1. The van der Waals surface area contributed by atoms with Crippen LogP contribution in [-0.2, 0) is 11.3 Å². The smallest absolute Gasteiger partial charge is 0.242 e. The Labute approximate surface area is 202 Å². The normalized spacial score (nSPS) is 11.6. The molecule has 0 radical (unpaired) electrons. The molecular formula is C27H24N4O2S. The SMILES string of the molecule is C=CCn1c(SC(C(=O)Nc2cccc(C(C)=O)c2)c2ccccc2)nnc1-c1ccccc1. The lowest BCUT2D eigenvalue weighted by molar-refractivity contribution is -0.115. The van der Waals surface area contributed by atoms with Crippen LogP contribution in [0.1, 0.15) is 28.1 Å². The van der Waals surface area contributed by atoms with Gasteiger partial charge in [-0.3, -0.25) is 14.2 Å². The van der Waals surface area contributed by atoms with Crippen molar-refractivity contribution in [2.75, 3.05) is 5.32 Å². The highest BCUT2D eigenvalue weighted by Gasteiger charge is 2.26. The van der Waals surface area contributed by atoms with E-state index in [-0.39, 0.29) is 11.7 Å². The first-order valence-corrected chi connectivity index (χ1v) is 11.7. The van der Waals surface area contributed by atoms with Crippen LogP contribution in [0.5, 0.6) is 0 Å². The number of nitrogens with zero attached hydrogens (tertiary/aromatic N) is 3. The topological polar surface area (TPSA) is 76.9 Å². The van der Waals surface area contributed by atoms with Crippen molar-refractivity contribution in [2.45, 2.75) is 23.9 Å². The lowest BCUT2D eigenvalue weighted by Gasteiger charge is -2.17. The fourth-order valence-electron chi connectivity index (χ4n) is 3.50. The van der Waals surface area contributed by atoms with Crippen LogP contribution < -0.4 is 5.32 Å². The summed E-state index contributed by atoms with van der Waals surface area (Å²) in [6.07, 6.45) is 1.78. The molecule has 0 spiro atoms. The number of rotatable bonds is 9. The predicted molar refractivity (Wildman–Crippen MR) is 136 cm³/mol. The summed E-state index contributed by atoms with van der Waals surface area (Å²) in [5.41, 5.74) is 2.88. The maximum atomic E-state index is 13.5. The third-order valence-corrected chi connectivity index (χ3v) is 6.40. The number of hydrogen-bond donors (Lipinski definition) is 1. The van der Waals surface area contributed by atoms with Crippen LogP contribution in [0.3, 0.4) is 0 Å². The minimum absolute atomic E-state index is 0.0592. The molecule has 1 atom stereocenters. The van der Waals surface area contributed by atoms with Crippen LogP contribution >= 0.6 is 11.8 Å². The molecule has 6 nitrogen and oxygen atoms in total. The molecule has 34 heavy (non-hydrogen) atoms. The Kier molecular flexibility index (Phi) is 7.34. The first-order chi connectivity index (χ1) is 16.6. The number of thioether (sulfide) groups is 1. The number of hydrogen-bond acceptors (Lipinski definition) is 5. The third kappa shape index (κ3) is 5.32. The number of anilines is 1. The van der Waals surface area contributed by atoms with E-state index in [0.717, 1.165) is 11.1 Å². The van der Waals surface area contributed by atoms with Crippen molar-refractivity contribution in [3.05, 3.63) is 109 Å². The summed E-state index contributed by atoms with van der Waals surface area (Å²) in [6.45, 7) is 5.87. The Balaban J connectivity index is 1.67. The minimum Gasteiger partial charge on any atom is -0.325 e. The maximum Gasteiger partial charge on any atom is 0.242 e. The van der Waals surface area contributed by atoms with E-state index in [1.165, 1.54) is 18.7 Å². The first kappa shape index (κ1) is 23.2. The molecule has 1 heterocycles. The van der Waals surface area contributed by atoms with Gasteiger partial charge in [-0.2, -0.15) is 0 Å². The molecular weight excluding hydrogens is 444 g/mol. The van der Waals surface area contributed by atoms with Crippen LogP contribution in [0.25, 0.3) is 11.4 Å². The molecule has 4 aromatic rings. The Bertz CT molecular complexity index is 1300. The van der Waals surface area contributed by atoms with Gasteiger partial charge in [-0.25, -0.2) is 0 Å². The quantitative estimate of drug-likeness (QED) is 0.191. The molecule has 3 aromatic carbocycles. The van der Waals surface area contributed by atoms with Gasteiger partial charge in [0.1, 0.15) is 5.25 Å². The molecule has 1 amide bonds. The molecule has 7 heteroatoms. The van der Waals surface area contributed by atoms with E-state index in [4.69, 9.17) is 0 Å². The molecule has 0 aliphatic carbocycles. The number of aromatic nitrogens is 3. The monoisotopic (exact) mass is 468 g/mol. The zero-order valence-corrected chi connectivity index (χ0v) is 19.5. The molecule has 4 rings (SSSR count). The van der Waals surface area contributed by atoms with Crippen LogP contribution in [0, 0.1) is 0 Å².